The third kappa shape index (κ3) is 2.36. The van der Waals surface area contributed by atoms with E-state index in [2.05, 4.69) is 20.3 Å². The lowest BCUT2D eigenvalue weighted by atomic mass is 10.5. The molecule has 0 aliphatic rings. The van der Waals surface area contributed by atoms with Crippen LogP contribution < -0.4 is 18.3 Å². The van der Waals surface area contributed by atoms with Gasteiger partial charge in [-0.25, -0.2) is 10.7 Å². The van der Waals surface area contributed by atoms with Gasteiger partial charge in [0.15, 0.2) is 6.61 Å². The summed E-state index contributed by atoms with van der Waals surface area (Å²) in [5, 5.41) is 3.68. The maximum Gasteiger partial charge on any atom is 0.152 e. The molecule has 0 radical (unpaired) electrons. The quantitative estimate of drug-likeness (QED) is 0.516. The normalized spacial score (nSPS) is 9.00. The largest absolute Gasteiger partial charge is 1.00 e. The molecule has 0 unspecified atom stereocenters. The first-order chi connectivity index (χ1) is 4.34. The molecule has 0 amide bonds. The minimum Gasteiger partial charge on any atom is -1.00 e. The number of aromatic nitrogens is 2. The predicted molar refractivity (Wildman–Crippen MR) is 32.6 cm³/mol. The van der Waals surface area contributed by atoms with Crippen molar-refractivity contribution >= 4 is 23.1 Å². The second-order valence-electron chi connectivity index (χ2n) is 1.34. The Labute approximate surface area is 72.8 Å². The maximum atomic E-state index is 5.60. The van der Waals surface area contributed by atoms with Crippen molar-refractivity contribution in [2.24, 2.45) is 0 Å². The summed E-state index contributed by atoms with van der Waals surface area (Å²) in [4.78, 5) is 4.54. The lowest BCUT2D eigenvalue weighted by Gasteiger charge is -1.85. The number of halogens is 2. The summed E-state index contributed by atoms with van der Waals surface area (Å²) in [6, 6.07) is 0. The summed E-state index contributed by atoms with van der Waals surface area (Å²) in [7, 11) is 0. The Kier molecular flexibility index (Phi) is 4.84. The molecule has 7 heteroatoms. The summed E-state index contributed by atoms with van der Waals surface area (Å²) in [6.45, 7) is 0.329. The molecule has 1 rings (SSSR count). The van der Waals surface area contributed by atoms with E-state index in [9.17, 15) is 0 Å². The lowest BCUT2D eigenvalue weighted by molar-refractivity contribution is -0.695. The van der Waals surface area contributed by atoms with Gasteiger partial charge in [0, 0.05) is 11.5 Å². The van der Waals surface area contributed by atoms with Crippen LogP contribution in [0.25, 0.3) is 0 Å². The Hall–Kier alpha value is 0.0600. The molecule has 3 N–H and O–H groups in total. The summed E-state index contributed by atoms with van der Waals surface area (Å²) in [5.74, 6) is 3.18. The highest BCUT2D eigenvalue weighted by Gasteiger charge is 2.03. The van der Waals surface area contributed by atoms with Crippen LogP contribution in [0.2, 0.25) is 4.34 Å². The van der Waals surface area contributed by atoms with Crippen molar-refractivity contribution in [3.8, 4) is 0 Å². The van der Waals surface area contributed by atoms with E-state index in [4.69, 9.17) is 11.6 Å². The smallest absolute Gasteiger partial charge is 0.152 e. The third-order valence-corrected chi connectivity index (χ3v) is 1.73. The fraction of sp³-hybridized carbons (Fsp3) is 0.333. The van der Waals surface area contributed by atoms with Crippen molar-refractivity contribution in [1.82, 2.24) is 9.59 Å². The molecular weight excluding hydrogens is 197 g/mol. The van der Waals surface area contributed by atoms with Crippen molar-refractivity contribution in [1.29, 1.82) is 0 Å². The van der Waals surface area contributed by atoms with Crippen LogP contribution in [0.3, 0.4) is 0 Å². The summed E-state index contributed by atoms with van der Waals surface area (Å²) in [5.41, 5.74) is 0.650. The molecule has 0 fully saturated rings. The van der Waals surface area contributed by atoms with E-state index < -0.39 is 0 Å². The van der Waals surface area contributed by atoms with Crippen molar-refractivity contribution in [3.05, 3.63) is 10.0 Å². The second kappa shape index (κ2) is 4.81. The SMILES string of the molecule is [Cl-].[NH3+]OCc1nnsc1Cl. The molecule has 58 valence electrons. The van der Waals surface area contributed by atoms with Crippen LogP contribution in [0, 0.1) is 0 Å². The molecular formula is C3H5Cl2N3OS. The van der Waals surface area contributed by atoms with Crippen LogP contribution in [-0.2, 0) is 11.4 Å². The topological polar surface area (TPSA) is 62.7 Å². The highest BCUT2D eigenvalue weighted by atomic mass is 35.5. The van der Waals surface area contributed by atoms with E-state index in [1.807, 2.05) is 0 Å². The van der Waals surface area contributed by atoms with E-state index >= 15 is 0 Å². The summed E-state index contributed by atoms with van der Waals surface area (Å²) >= 11 is 6.75. The fourth-order valence-corrected chi connectivity index (χ4v) is 0.981. The Bertz CT molecular complexity index is 194. The number of rotatable bonds is 2. The van der Waals surface area contributed by atoms with Gasteiger partial charge in [0.25, 0.3) is 0 Å². The molecule has 1 aromatic rings. The standard InChI is InChI=1S/C3H5ClN3OS.ClH/c4-3-2(1-8-5)6-7-9-3;/h1H2,5H3;1H/q+1;/p-1. The van der Waals surface area contributed by atoms with Gasteiger partial charge in [0.1, 0.15) is 10.0 Å². The van der Waals surface area contributed by atoms with Gasteiger partial charge in [-0.1, -0.05) is 16.1 Å². The first-order valence-electron chi connectivity index (χ1n) is 2.18. The first kappa shape index (κ1) is 10.1. The Morgan fingerprint density at radius 3 is 2.80 bits per heavy atom. The van der Waals surface area contributed by atoms with Gasteiger partial charge in [0.05, 0.1) is 0 Å². The monoisotopic (exact) mass is 201 g/mol. The zero-order valence-corrected chi connectivity index (χ0v) is 7.21. The average Bonchev–Trinajstić information content (AvgIpc) is 2.18. The maximum absolute atomic E-state index is 5.60. The lowest BCUT2D eigenvalue weighted by Crippen LogP contribution is -3.00. The molecule has 0 atom stereocenters. The van der Waals surface area contributed by atoms with E-state index in [1.165, 1.54) is 0 Å². The Morgan fingerprint density at radius 2 is 2.40 bits per heavy atom. The molecule has 10 heavy (non-hydrogen) atoms. The third-order valence-electron chi connectivity index (χ3n) is 0.748. The molecule has 0 aromatic carbocycles. The van der Waals surface area contributed by atoms with Gasteiger partial charge in [-0.2, -0.15) is 0 Å². The van der Waals surface area contributed by atoms with E-state index in [1.54, 1.807) is 0 Å². The molecule has 0 aliphatic heterocycles. The zero-order chi connectivity index (χ0) is 6.69. The van der Waals surface area contributed by atoms with E-state index in [0.29, 0.717) is 16.6 Å². The number of quaternary nitrogens is 1. The molecule has 4 nitrogen and oxygen atoms in total. The minimum absolute atomic E-state index is 0. The van der Waals surface area contributed by atoms with Crippen LogP contribution in [-0.4, -0.2) is 9.59 Å². The number of nitrogens with zero attached hydrogens (tertiary/aromatic N) is 2. The Morgan fingerprint density at radius 1 is 1.70 bits per heavy atom. The van der Waals surface area contributed by atoms with Crippen LogP contribution >= 0.6 is 23.1 Å². The highest BCUT2D eigenvalue weighted by molar-refractivity contribution is 7.10. The molecule has 0 saturated carbocycles. The van der Waals surface area contributed by atoms with E-state index in [0.717, 1.165) is 11.5 Å². The molecule has 0 spiro atoms. The molecule has 1 aromatic heterocycles. The van der Waals surface area contributed by atoms with Crippen LogP contribution in [0.4, 0.5) is 0 Å². The van der Waals surface area contributed by atoms with Crippen molar-refractivity contribution in [2.45, 2.75) is 6.61 Å². The second-order valence-corrected chi connectivity index (χ2v) is 2.70. The van der Waals surface area contributed by atoms with E-state index in [-0.39, 0.29) is 12.4 Å². The van der Waals surface area contributed by atoms with Crippen molar-refractivity contribution < 1.29 is 23.1 Å². The molecule has 0 bridgehead atoms. The van der Waals surface area contributed by atoms with Gasteiger partial charge in [-0.3, -0.25) is 0 Å². The van der Waals surface area contributed by atoms with Crippen LogP contribution in [0.1, 0.15) is 5.69 Å². The first-order valence-corrected chi connectivity index (χ1v) is 3.33. The minimum atomic E-state index is 0. The highest BCUT2D eigenvalue weighted by Crippen LogP contribution is 2.16. The summed E-state index contributed by atoms with van der Waals surface area (Å²) in [6.07, 6.45) is 0. The van der Waals surface area contributed by atoms with Gasteiger partial charge in [0.2, 0.25) is 0 Å². The number of hydrogen-bond acceptors (Lipinski definition) is 4. The van der Waals surface area contributed by atoms with Gasteiger partial charge in [-0.15, -0.1) is 5.10 Å². The van der Waals surface area contributed by atoms with Gasteiger partial charge in [-0.05, 0) is 0 Å². The molecule has 0 saturated heterocycles. The van der Waals surface area contributed by atoms with Crippen molar-refractivity contribution in [3.63, 3.8) is 0 Å². The van der Waals surface area contributed by atoms with Crippen LogP contribution in [0.5, 0.6) is 0 Å². The zero-order valence-electron chi connectivity index (χ0n) is 4.88. The number of hydrogen-bond donors (Lipinski definition) is 1. The molecule has 1 heterocycles. The predicted octanol–water partition coefficient (Wildman–Crippen LogP) is -3.13. The molecule has 0 aliphatic carbocycles. The fourth-order valence-electron chi connectivity index (χ4n) is 0.380. The summed E-state index contributed by atoms with van der Waals surface area (Å²) < 4.78 is 4.16. The van der Waals surface area contributed by atoms with Gasteiger partial charge < -0.3 is 12.4 Å². The van der Waals surface area contributed by atoms with Gasteiger partial charge >= 0.3 is 0 Å². The average molecular weight is 202 g/mol. The van der Waals surface area contributed by atoms with Crippen molar-refractivity contribution in [2.75, 3.05) is 0 Å². The van der Waals surface area contributed by atoms with Crippen LogP contribution in [0.15, 0.2) is 0 Å². The Balaban J connectivity index is 0.000000810.